The summed E-state index contributed by atoms with van der Waals surface area (Å²) in [5.41, 5.74) is 1.38. The Kier molecular flexibility index (Phi) is 5.66. The van der Waals surface area contributed by atoms with Gasteiger partial charge in [-0.1, -0.05) is 12.1 Å². The molecule has 0 aliphatic carbocycles. The minimum Gasteiger partial charge on any atom is -0.192 e. The molecule has 0 N–H and O–H groups in total. The van der Waals surface area contributed by atoms with Crippen molar-refractivity contribution in [2.24, 2.45) is 0 Å². The molecule has 0 saturated carbocycles. The zero-order chi connectivity index (χ0) is 19.3. The molecule has 0 saturated heterocycles. The predicted molar refractivity (Wildman–Crippen MR) is 123 cm³/mol. The van der Waals surface area contributed by atoms with Crippen LogP contribution >= 0.6 is 45.3 Å². The van der Waals surface area contributed by atoms with E-state index in [0.717, 1.165) is 29.3 Å². The van der Waals surface area contributed by atoms with E-state index in [1.165, 1.54) is 0 Å². The summed E-state index contributed by atoms with van der Waals surface area (Å²) in [6.45, 7) is 0. The second kappa shape index (κ2) is 8.52. The monoisotopic (exact) mass is 432 g/mol. The van der Waals surface area contributed by atoms with Crippen LogP contribution in [0.3, 0.4) is 0 Å². The summed E-state index contributed by atoms with van der Waals surface area (Å²) >= 11 is 6.48. The fourth-order valence-corrected chi connectivity index (χ4v) is 5.97. The molecule has 0 unspecified atom stereocenters. The van der Waals surface area contributed by atoms with Crippen molar-refractivity contribution in [3.8, 4) is 21.9 Å². The quantitative estimate of drug-likeness (QED) is 0.303. The SMILES string of the molecule is N#CC(=Cc1ccc(-c2ccc(C=C(C#N)c3cccs3)s2)s1)c1cccs1. The van der Waals surface area contributed by atoms with Gasteiger partial charge in [0.25, 0.3) is 0 Å². The molecule has 0 amide bonds. The molecule has 2 nitrogen and oxygen atoms in total. The van der Waals surface area contributed by atoms with Crippen LogP contribution in [-0.4, -0.2) is 0 Å². The number of hydrogen-bond donors (Lipinski definition) is 0. The highest BCUT2D eigenvalue weighted by molar-refractivity contribution is 7.23. The van der Waals surface area contributed by atoms with E-state index in [1.807, 2.05) is 59.3 Å². The molecule has 0 bridgehead atoms. The van der Waals surface area contributed by atoms with Crippen LogP contribution in [0.5, 0.6) is 0 Å². The molecule has 0 fully saturated rings. The Balaban J connectivity index is 1.59. The van der Waals surface area contributed by atoms with Gasteiger partial charge in [-0.2, -0.15) is 10.5 Å². The molecule has 6 heteroatoms. The van der Waals surface area contributed by atoms with E-state index >= 15 is 0 Å². The first-order valence-electron chi connectivity index (χ1n) is 8.28. The topological polar surface area (TPSA) is 47.6 Å². The summed E-state index contributed by atoms with van der Waals surface area (Å²) in [6, 6.07) is 20.7. The van der Waals surface area contributed by atoms with Crippen molar-refractivity contribution in [3.63, 3.8) is 0 Å². The van der Waals surface area contributed by atoms with E-state index in [0.29, 0.717) is 11.1 Å². The lowest BCUT2D eigenvalue weighted by Crippen LogP contribution is -1.73. The van der Waals surface area contributed by atoms with Gasteiger partial charge in [0, 0.05) is 29.3 Å². The predicted octanol–water partition coefficient (Wildman–Crippen LogP) is 7.73. The highest BCUT2D eigenvalue weighted by Gasteiger charge is 2.08. The maximum absolute atomic E-state index is 9.44. The molecule has 134 valence electrons. The number of nitrogens with zero attached hydrogens (tertiary/aromatic N) is 2. The third-order valence-corrected chi connectivity index (χ3v) is 7.95. The lowest BCUT2D eigenvalue weighted by atomic mass is 10.2. The molecule has 4 rings (SSSR count). The van der Waals surface area contributed by atoms with Gasteiger partial charge >= 0.3 is 0 Å². The smallest absolute Gasteiger partial charge is 0.101 e. The zero-order valence-corrected chi connectivity index (χ0v) is 17.7. The van der Waals surface area contributed by atoms with Crippen LogP contribution in [0, 0.1) is 22.7 Å². The third kappa shape index (κ3) is 4.06. The first-order valence-corrected chi connectivity index (χ1v) is 11.7. The van der Waals surface area contributed by atoms with E-state index in [4.69, 9.17) is 0 Å². The molecular weight excluding hydrogens is 421 g/mol. The van der Waals surface area contributed by atoms with Gasteiger partial charge in [-0.05, 0) is 59.3 Å². The van der Waals surface area contributed by atoms with Crippen molar-refractivity contribution in [3.05, 3.63) is 78.8 Å². The van der Waals surface area contributed by atoms with Crippen LogP contribution in [0.25, 0.3) is 33.1 Å². The minimum absolute atomic E-state index is 0.688. The molecule has 4 heterocycles. The van der Waals surface area contributed by atoms with E-state index in [9.17, 15) is 10.5 Å². The van der Waals surface area contributed by atoms with Crippen LogP contribution in [0.2, 0.25) is 0 Å². The largest absolute Gasteiger partial charge is 0.192 e. The Morgan fingerprint density at radius 2 is 1.14 bits per heavy atom. The molecular formula is C22H12N2S4. The van der Waals surface area contributed by atoms with E-state index in [1.54, 1.807) is 45.3 Å². The third-order valence-electron chi connectivity index (χ3n) is 3.88. The average molecular weight is 433 g/mol. The second-order valence-electron chi connectivity index (χ2n) is 5.70. The molecule has 0 aliphatic heterocycles. The Morgan fingerprint density at radius 1 is 0.679 bits per heavy atom. The van der Waals surface area contributed by atoms with Crippen LogP contribution < -0.4 is 0 Å². The van der Waals surface area contributed by atoms with Gasteiger partial charge in [0.2, 0.25) is 0 Å². The number of allylic oxidation sites excluding steroid dienone is 2. The molecule has 4 aromatic rings. The maximum Gasteiger partial charge on any atom is 0.101 e. The van der Waals surface area contributed by atoms with Crippen LogP contribution in [0.15, 0.2) is 59.3 Å². The van der Waals surface area contributed by atoms with Crippen molar-refractivity contribution in [1.29, 1.82) is 10.5 Å². The summed E-state index contributed by atoms with van der Waals surface area (Å²) in [5.74, 6) is 0. The van der Waals surface area contributed by atoms with Crippen LogP contribution in [0.1, 0.15) is 19.5 Å². The maximum atomic E-state index is 9.44. The van der Waals surface area contributed by atoms with Crippen molar-refractivity contribution in [1.82, 2.24) is 0 Å². The zero-order valence-electron chi connectivity index (χ0n) is 14.5. The molecule has 0 aromatic carbocycles. The summed E-state index contributed by atoms with van der Waals surface area (Å²) in [7, 11) is 0. The summed E-state index contributed by atoms with van der Waals surface area (Å²) < 4.78 is 0. The molecule has 0 atom stereocenters. The first-order chi connectivity index (χ1) is 13.8. The van der Waals surface area contributed by atoms with Crippen molar-refractivity contribution in [2.75, 3.05) is 0 Å². The Hall–Kier alpha value is -2.74. The normalized spacial score (nSPS) is 11.9. The molecule has 28 heavy (non-hydrogen) atoms. The fourth-order valence-electron chi connectivity index (χ4n) is 2.59. The van der Waals surface area contributed by atoms with Crippen LogP contribution in [0.4, 0.5) is 0 Å². The summed E-state index contributed by atoms with van der Waals surface area (Å²) in [4.78, 5) is 6.41. The second-order valence-corrected chi connectivity index (χ2v) is 9.82. The average Bonchev–Trinajstić information content (AvgIpc) is 3.50. The van der Waals surface area contributed by atoms with Gasteiger partial charge in [-0.15, -0.1) is 45.3 Å². The summed E-state index contributed by atoms with van der Waals surface area (Å²) in [5, 5.41) is 22.8. The number of thiophene rings is 4. The van der Waals surface area contributed by atoms with Gasteiger partial charge in [-0.3, -0.25) is 0 Å². The highest BCUT2D eigenvalue weighted by atomic mass is 32.1. The lowest BCUT2D eigenvalue weighted by Gasteiger charge is -1.93. The van der Waals surface area contributed by atoms with Crippen molar-refractivity contribution < 1.29 is 0 Å². The Labute approximate surface area is 179 Å². The van der Waals surface area contributed by atoms with E-state index < -0.39 is 0 Å². The lowest BCUT2D eigenvalue weighted by molar-refractivity contribution is 1.54. The van der Waals surface area contributed by atoms with Crippen molar-refractivity contribution in [2.45, 2.75) is 0 Å². The van der Waals surface area contributed by atoms with E-state index in [-0.39, 0.29) is 0 Å². The van der Waals surface area contributed by atoms with Gasteiger partial charge in [0.05, 0.1) is 11.1 Å². The Morgan fingerprint density at radius 3 is 1.50 bits per heavy atom. The molecule has 0 aliphatic rings. The molecule has 0 radical (unpaired) electrons. The fraction of sp³-hybridized carbons (Fsp3) is 0. The highest BCUT2D eigenvalue weighted by Crippen LogP contribution is 2.36. The van der Waals surface area contributed by atoms with Crippen LogP contribution in [-0.2, 0) is 0 Å². The van der Waals surface area contributed by atoms with Gasteiger partial charge in [0.1, 0.15) is 12.1 Å². The number of rotatable bonds is 5. The number of nitriles is 2. The Bertz CT molecular complexity index is 1120. The van der Waals surface area contributed by atoms with Crippen molar-refractivity contribution >= 4 is 68.6 Å². The summed E-state index contributed by atoms with van der Waals surface area (Å²) in [6.07, 6.45) is 3.89. The molecule has 4 aromatic heterocycles. The van der Waals surface area contributed by atoms with E-state index in [2.05, 4.69) is 24.3 Å². The molecule has 0 spiro atoms. The van der Waals surface area contributed by atoms with Gasteiger partial charge in [0.15, 0.2) is 0 Å². The van der Waals surface area contributed by atoms with Gasteiger partial charge in [-0.25, -0.2) is 0 Å². The minimum atomic E-state index is 0.688. The number of hydrogen-bond acceptors (Lipinski definition) is 6. The standard InChI is InChI=1S/C22H12N2S4/c23-13-15(19-3-1-9-25-19)11-17-5-7-21(27-17)22-8-6-18(28-22)12-16(14-24)20-4-2-10-26-20/h1-12H. The van der Waals surface area contributed by atoms with Gasteiger partial charge < -0.3 is 0 Å². The first kappa shape index (κ1) is 18.6.